The van der Waals surface area contributed by atoms with Gasteiger partial charge in [-0.1, -0.05) is 66.5 Å². The first-order valence-corrected chi connectivity index (χ1v) is 17.2. The number of halogens is 3. The summed E-state index contributed by atoms with van der Waals surface area (Å²) in [7, 11) is -1.71. The van der Waals surface area contributed by atoms with Crippen molar-refractivity contribution in [1.29, 1.82) is 0 Å². The van der Waals surface area contributed by atoms with Crippen LogP contribution in [0.15, 0.2) is 95.9 Å². The van der Waals surface area contributed by atoms with Gasteiger partial charge in [0.05, 0.1) is 24.8 Å². The molecule has 0 saturated carbocycles. The van der Waals surface area contributed by atoms with E-state index in [2.05, 4.69) is 5.32 Å². The van der Waals surface area contributed by atoms with Gasteiger partial charge in [0.25, 0.3) is 10.0 Å². The highest BCUT2D eigenvalue weighted by molar-refractivity contribution is 7.92. The lowest BCUT2D eigenvalue weighted by molar-refractivity contribution is -0.140. The molecule has 0 aliphatic heterocycles. The molecule has 0 bridgehead atoms. The van der Waals surface area contributed by atoms with Gasteiger partial charge in [0.1, 0.15) is 18.4 Å². The Morgan fingerprint density at radius 1 is 0.875 bits per heavy atom. The number of carbonyl (C=O) groups is 2. The molecule has 9 nitrogen and oxygen atoms in total. The minimum Gasteiger partial charge on any atom is -0.493 e. The van der Waals surface area contributed by atoms with Crippen molar-refractivity contribution < 1.29 is 31.9 Å². The zero-order chi connectivity index (χ0) is 34.8. The highest BCUT2D eigenvalue weighted by Crippen LogP contribution is 2.33. The number of rotatable bonds is 15. The first-order chi connectivity index (χ1) is 23.0. The summed E-state index contributed by atoms with van der Waals surface area (Å²) in [4.78, 5) is 29.4. The van der Waals surface area contributed by atoms with Gasteiger partial charge in [0.15, 0.2) is 11.5 Å². The summed E-state index contributed by atoms with van der Waals surface area (Å²) in [6.07, 6.45) is 0.763. The van der Waals surface area contributed by atoms with E-state index < -0.39 is 40.2 Å². The minimum atomic E-state index is -4.49. The Morgan fingerprint density at radius 2 is 1.52 bits per heavy atom. The molecule has 254 valence electrons. The number of benzene rings is 4. The maximum Gasteiger partial charge on any atom is 0.264 e. The molecule has 1 unspecified atom stereocenters. The van der Waals surface area contributed by atoms with E-state index in [-0.39, 0.29) is 39.3 Å². The van der Waals surface area contributed by atoms with Gasteiger partial charge in [-0.3, -0.25) is 13.9 Å². The third-order valence-corrected chi connectivity index (χ3v) is 10.0. The minimum absolute atomic E-state index is 0.0188. The van der Waals surface area contributed by atoms with Gasteiger partial charge in [-0.25, -0.2) is 12.8 Å². The van der Waals surface area contributed by atoms with Gasteiger partial charge < -0.3 is 19.7 Å². The fourth-order valence-corrected chi connectivity index (χ4v) is 6.96. The molecular formula is C35H36Cl2FN3O6S. The van der Waals surface area contributed by atoms with E-state index in [1.165, 1.54) is 49.5 Å². The summed E-state index contributed by atoms with van der Waals surface area (Å²) in [6.45, 7) is 1.30. The Morgan fingerprint density at radius 3 is 2.12 bits per heavy atom. The smallest absolute Gasteiger partial charge is 0.264 e. The normalized spacial score (nSPS) is 11.8. The SMILES string of the molecule is CCCNC(=O)C(Cc1ccccc1)N(Cc1c(Cl)cccc1Cl)C(=O)CN(c1ccc(F)cc1)S(=O)(=O)c1ccc(OC)c(OC)c1. The second-order valence-corrected chi connectivity index (χ2v) is 13.4. The zero-order valence-electron chi connectivity index (χ0n) is 26.7. The summed E-state index contributed by atoms with van der Waals surface area (Å²) >= 11 is 13.1. The number of amides is 2. The van der Waals surface area contributed by atoms with Crippen LogP contribution in [0, 0.1) is 5.82 Å². The van der Waals surface area contributed by atoms with Gasteiger partial charge in [-0.15, -0.1) is 0 Å². The first kappa shape index (κ1) is 36.5. The molecule has 0 spiro atoms. The Hall–Kier alpha value is -4.32. The van der Waals surface area contributed by atoms with Crippen LogP contribution in [0.4, 0.5) is 10.1 Å². The molecule has 1 atom stereocenters. The van der Waals surface area contributed by atoms with Crippen LogP contribution in [-0.2, 0) is 32.6 Å². The maximum absolute atomic E-state index is 14.6. The van der Waals surface area contributed by atoms with E-state index in [1.54, 1.807) is 18.2 Å². The third-order valence-electron chi connectivity index (χ3n) is 7.55. The van der Waals surface area contributed by atoms with Crippen molar-refractivity contribution in [2.45, 2.75) is 37.2 Å². The number of sulfonamides is 1. The highest BCUT2D eigenvalue weighted by atomic mass is 35.5. The summed E-state index contributed by atoms with van der Waals surface area (Å²) in [5.41, 5.74) is 1.17. The van der Waals surface area contributed by atoms with Crippen molar-refractivity contribution in [2.24, 2.45) is 0 Å². The number of ether oxygens (including phenoxy) is 2. The first-order valence-electron chi connectivity index (χ1n) is 15.0. The molecule has 4 aromatic carbocycles. The standard InChI is InChI=1S/C35H36Cl2FN3O6S/c1-4-19-39-35(43)31(20-24-9-6-5-7-10-24)40(22-28-29(36)11-8-12-30(28)37)34(42)23-41(26-15-13-25(38)14-16-26)48(44,45)27-17-18-32(46-2)33(21-27)47-3/h5-18,21,31H,4,19-20,22-23H2,1-3H3,(H,39,43). The average molecular weight is 717 g/mol. The molecule has 13 heteroatoms. The van der Waals surface area contributed by atoms with Crippen LogP contribution < -0.4 is 19.1 Å². The lowest BCUT2D eigenvalue weighted by atomic mass is 10.0. The van der Waals surface area contributed by atoms with Crippen molar-refractivity contribution in [3.8, 4) is 11.5 Å². The van der Waals surface area contributed by atoms with Crippen molar-refractivity contribution in [3.63, 3.8) is 0 Å². The van der Waals surface area contributed by atoms with E-state index in [9.17, 15) is 22.4 Å². The van der Waals surface area contributed by atoms with Gasteiger partial charge >= 0.3 is 0 Å². The second kappa shape index (κ2) is 16.7. The lowest BCUT2D eigenvalue weighted by Gasteiger charge is -2.34. The molecule has 0 saturated heterocycles. The van der Waals surface area contributed by atoms with Crippen LogP contribution in [0.3, 0.4) is 0 Å². The number of methoxy groups -OCH3 is 2. The predicted octanol–water partition coefficient (Wildman–Crippen LogP) is 6.51. The molecule has 0 fully saturated rings. The summed E-state index contributed by atoms with van der Waals surface area (Å²) in [5, 5.41) is 3.41. The van der Waals surface area contributed by atoms with Crippen molar-refractivity contribution in [3.05, 3.63) is 118 Å². The van der Waals surface area contributed by atoms with Crippen molar-refractivity contribution in [2.75, 3.05) is 31.6 Å². The zero-order valence-corrected chi connectivity index (χ0v) is 29.0. The van der Waals surface area contributed by atoms with Gasteiger partial charge in [0.2, 0.25) is 11.8 Å². The van der Waals surface area contributed by atoms with Crippen LogP contribution in [0.25, 0.3) is 0 Å². The monoisotopic (exact) mass is 715 g/mol. The number of hydrogen-bond acceptors (Lipinski definition) is 6. The largest absolute Gasteiger partial charge is 0.493 e. The quantitative estimate of drug-likeness (QED) is 0.151. The molecule has 4 aromatic rings. The average Bonchev–Trinajstić information content (AvgIpc) is 3.09. The molecule has 0 aliphatic rings. The molecule has 4 rings (SSSR count). The maximum atomic E-state index is 14.6. The third kappa shape index (κ3) is 8.77. The topological polar surface area (TPSA) is 105 Å². The van der Waals surface area contributed by atoms with Crippen LogP contribution >= 0.6 is 23.2 Å². The Kier molecular flexibility index (Phi) is 12.7. The molecular weight excluding hydrogens is 680 g/mol. The van der Waals surface area contributed by atoms with Gasteiger partial charge in [-0.05, 0) is 60.5 Å². The fourth-order valence-electron chi connectivity index (χ4n) is 5.01. The Labute approximate surface area is 290 Å². The predicted molar refractivity (Wildman–Crippen MR) is 185 cm³/mol. The number of anilines is 1. The molecule has 1 N–H and O–H groups in total. The number of hydrogen-bond donors (Lipinski definition) is 1. The number of carbonyl (C=O) groups excluding carboxylic acids is 2. The second-order valence-electron chi connectivity index (χ2n) is 10.7. The Bertz CT molecular complexity index is 1810. The van der Waals surface area contributed by atoms with Gasteiger partial charge in [-0.2, -0.15) is 0 Å². The van der Waals surface area contributed by atoms with E-state index >= 15 is 0 Å². The van der Waals surface area contributed by atoms with Crippen LogP contribution in [0.2, 0.25) is 10.0 Å². The van der Waals surface area contributed by atoms with Crippen LogP contribution in [0.1, 0.15) is 24.5 Å². The van der Waals surface area contributed by atoms with Crippen LogP contribution in [-0.4, -0.2) is 58.5 Å². The highest BCUT2D eigenvalue weighted by Gasteiger charge is 2.35. The molecule has 2 amide bonds. The fraction of sp³-hybridized carbons (Fsp3) is 0.257. The van der Waals surface area contributed by atoms with E-state index in [1.807, 2.05) is 37.3 Å². The summed E-state index contributed by atoms with van der Waals surface area (Å²) in [6, 6.07) is 21.6. The molecule has 48 heavy (non-hydrogen) atoms. The summed E-state index contributed by atoms with van der Waals surface area (Å²) in [5.74, 6) is -1.32. The van der Waals surface area contributed by atoms with Gasteiger partial charge in [0, 0.05) is 41.2 Å². The van der Waals surface area contributed by atoms with Crippen molar-refractivity contribution >= 4 is 50.7 Å². The lowest BCUT2D eigenvalue weighted by Crippen LogP contribution is -2.53. The van der Waals surface area contributed by atoms with Crippen LogP contribution in [0.5, 0.6) is 11.5 Å². The Balaban J connectivity index is 1.85. The van der Waals surface area contributed by atoms with E-state index in [0.29, 0.717) is 24.3 Å². The van der Waals surface area contributed by atoms with Crippen molar-refractivity contribution in [1.82, 2.24) is 10.2 Å². The van der Waals surface area contributed by atoms with E-state index in [4.69, 9.17) is 32.7 Å². The molecule has 0 radical (unpaired) electrons. The molecule has 0 aliphatic carbocycles. The number of nitrogens with zero attached hydrogens (tertiary/aromatic N) is 2. The molecule has 0 heterocycles. The number of nitrogens with one attached hydrogen (secondary N) is 1. The van der Waals surface area contributed by atoms with E-state index in [0.717, 1.165) is 22.0 Å². The summed E-state index contributed by atoms with van der Waals surface area (Å²) < 4.78 is 54.1. The molecule has 0 aromatic heterocycles.